The van der Waals surface area contributed by atoms with Gasteiger partial charge in [-0.2, -0.15) is 0 Å². The second kappa shape index (κ2) is 24.3. The van der Waals surface area contributed by atoms with Crippen LogP contribution in [0.2, 0.25) is 0 Å². The molecule has 100 heavy (non-hydrogen) atoms. The first-order valence-electron chi connectivity index (χ1n) is 33.8. The number of rotatable bonds is 10. The van der Waals surface area contributed by atoms with Crippen LogP contribution in [0.15, 0.2) is 364 Å². The molecule has 0 bridgehead atoms. The van der Waals surface area contributed by atoms with Crippen LogP contribution in [-0.4, -0.2) is 38.2 Å². The van der Waals surface area contributed by atoms with Crippen molar-refractivity contribution in [3.63, 3.8) is 0 Å². The molecule has 20 aromatic rings. The second-order valence-electron chi connectivity index (χ2n) is 25.3. The average molecular weight is 1280 g/mol. The van der Waals surface area contributed by atoms with Crippen molar-refractivity contribution in [3.8, 4) is 90.0 Å². The maximum atomic E-state index is 5.29. The minimum absolute atomic E-state index is 0.860. The third-order valence-corrected chi connectivity index (χ3v) is 19.5. The molecule has 0 saturated carbocycles. The zero-order valence-electron chi connectivity index (χ0n) is 54.2. The molecule has 0 fully saturated rings. The van der Waals surface area contributed by atoms with E-state index < -0.39 is 0 Å². The van der Waals surface area contributed by atoms with Gasteiger partial charge in [-0.3, -0.25) is 14.5 Å². The van der Waals surface area contributed by atoms with Crippen molar-refractivity contribution in [1.82, 2.24) is 38.2 Å². The lowest BCUT2D eigenvalue weighted by molar-refractivity contribution is 1.08. The van der Waals surface area contributed by atoms with Crippen molar-refractivity contribution in [3.05, 3.63) is 364 Å². The Morgan fingerprint density at radius 2 is 0.570 bits per heavy atom. The highest BCUT2D eigenvalue weighted by Crippen LogP contribution is 2.44. The van der Waals surface area contributed by atoms with E-state index in [9.17, 15) is 0 Å². The molecule has 0 radical (unpaired) electrons. The summed E-state index contributed by atoms with van der Waals surface area (Å²) >= 11 is 0. The molecule has 468 valence electrons. The van der Waals surface area contributed by atoms with E-state index in [0.29, 0.717) is 0 Å². The standard InChI is InChI=1S/2C46H30N4/c1-4-14-31(15-5-1)34-29-39(32-16-6-2-7-17-32)48-44(30-34)50-41-26-25-33(28-38(41)46-43(50)24-13-27-47-46)36-21-12-23-42-45(36)37-20-10-11-22-40(37)49(42)35-18-8-3-9-19-35;1-4-14-31(15-5-1)39-29-35(30-40(48-39)32-16-6-2-7-17-32)50-42-26-25-33(28-38(42)46-44(50)24-13-27-47-46)36-21-12-23-43-45(36)37-20-10-11-22-41(37)49(43)34-18-8-3-9-19-34/h2*1-30H. The highest BCUT2D eigenvalue weighted by molar-refractivity contribution is 6.19. The number of pyridine rings is 4. The lowest BCUT2D eigenvalue weighted by atomic mass is 9.98. The first kappa shape index (κ1) is 57.9. The molecule has 0 spiro atoms. The molecule has 8 nitrogen and oxygen atoms in total. The largest absolute Gasteiger partial charge is 0.309 e. The molecule has 0 aliphatic rings. The summed E-state index contributed by atoms with van der Waals surface area (Å²) in [5, 5.41) is 7.17. The minimum atomic E-state index is 0.860. The van der Waals surface area contributed by atoms with Gasteiger partial charge in [-0.25, -0.2) is 9.97 Å². The Bertz CT molecular complexity index is 5980. The Hall–Kier alpha value is -13.6. The van der Waals surface area contributed by atoms with Crippen molar-refractivity contribution in [1.29, 1.82) is 0 Å². The number of benzene rings is 12. The number of para-hydroxylation sites is 4. The monoisotopic (exact) mass is 1280 g/mol. The number of nitrogens with zero attached hydrogens (tertiary/aromatic N) is 8. The summed E-state index contributed by atoms with van der Waals surface area (Å²) in [6.07, 6.45) is 3.78. The van der Waals surface area contributed by atoms with Gasteiger partial charge >= 0.3 is 0 Å². The van der Waals surface area contributed by atoms with Gasteiger partial charge in [0.2, 0.25) is 0 Å². The number of fused-ring (bicyclic) bond motifs is 12. The second-order valence-corrected chi connectivity index (χ2v) is 25.3. The smallest absolute Gasteiger partial charge is 0.138 e. The van der Waals surface area contributed by atoms with Gasteiger partial charge in [0.1, 0.15) is 5.82 Å². The maximum absolute atomic E-state index is 5.29. The summed E-state index contributed by atoms with van der Waals surface area (Å²) in [5.41, 5.74) is 27.3. The van der Waals surface area contributed by atoms with Gasteiger partial charge < -0.3 is 13.7 Å². The van der Waals surface area contributed by atoms with E-state index in [-0.39, 0.29) is 0 Å². The van der Waals surface area contributed by atoms with Crippen molar-refractivity contribution in [2.75, 3.05) is 0 Å². The molecule has 8 heterocycles. The third kappa shape index (κ3) is 9.84. The topological polar surface area (TPSA) is 71.3 Å². The number of hydrogen-bond donors (Lipinski definition) is 0. The van der Waals surface area contributed by atoms with E-state index >= 15 is 0 Å². The van der Waals surface area contributed by atoms with Crippen LogP contribution in [0.1, 0.15) is 0 Å². The Labute approximate surface area is 576 Å². The Kier molecular flexibility index (Phi) is 14.0. The van der Waals surface area contributed by atoms with Crippen LogP contribution in [0, 0.1) is 0 Å². The highest BCUT2D eigenvalue weighted by atomic mass is 15.1. The van der Waals surface area contributed by atoms with Crippen molar-refractivity contribution in [2.45, 2.75) is 0 Å². The van der Waals surface area contributed by atoms with Crippen LogP contribution in [0.5, 0.6) is 0 Å². The van der Waals surface area contributed by atoms with E-state index in [2.05, 4.69) is 340 Å². The van der Waals surface area contributed by atoms with Crippen molar-refractivity contribution in [2.24, 2.45) is 0 Å². The van der Waals surface area contributed by atoms with Gasteiger partial charge in [0, 0.05) is 72.8 Å². The molecule has 12 aromatic carbocycles. The summed E-state index contributed by atoms with van der Waals surface area (Å²) in [6.45, 7) is 0. The Balaban J connectivity index is 0.000000139. The van der Waals surface area contributed by atoms with Crippen LogP contribution in [0.3, 0.4) is 0 Å². The fraction of sp³-hybridized carbons (Fsp3) is 0. The summed E-state index contributed by atoms with van der Waals surface area (Å²) in [4.78, 5) is 20.4. The van der Waals surface area contributed by atoms with Gasteiger partial charge in [0.25, 0.3) is 0 Å². The summed E-state index contributed by atoms with van der Waals surface area (Å²) in [7, 11) is 0. The van der Waals surface area contributed by atoms with Crippen molar-refractivity contribution >= 4 is 87.5 Å². The molecule has 0 saturated heterocycles. The molecule has 0 aliphatic heterocycles. The molecule has 8 heteroatoms. The zero-order valence-corrected chi connectivity index (χ0v) is 54.2. The predicted molar refractivity (Wildman–Crippen MR) is 414 cm³/mol. The maximum Gasteiger partial charge on any atom is 0.138 e. The minimum Gasteiger partial charge on any atom is -0.309 e. The first-order chi connectivity index (χ1) is 49.6. The fourth-order valence-corrected chi connectivity index (χ4v) is 15.1. The molecular weight excluding hydrogens is 1220 g/mol. The lowest BCUT2D eigenvalue weighted by Crippen LogP contribution is -2.00. The van der Waals surface area contributed by atoms with Gasteiger partial charge in [-0.15, -0.1) is 0 Å². The lowest BCUT2D eigenvalue weighted by Gasteiger charge is -2.13. The number of aromatic nitrogens is 8. The van der Waals surface area contributed by atoms with Crippen molar-refractivity contribution < 1.29 is 0 Å². The number of hydrogen-bond acceptors (Lipinski definition) is 4. The molecule has 0 atom stereocenters. The molecule has 8 aromatic heterocycles. The summed E-state index contributed by atoms with van der Waals surface area (Å²) < 4.78 is 9.35. The predicted octanol–water partition coefficient (Wildman–Crippen LogP) is 23.3. The Morgan fingerprint density at radius 1 is 0.200 bits per heavy atom. The fourth-order valence-electron chi connectivity index (χ4n) is 15.1. The van der Waals surface area contributed by atoms with Crippen LogP contribution in [-0.2, 0) is 0 Å². The average Bonchev–Trinajstić information content (AvgIpc) is 1.59. The molecule has 0 unspecified atom stereocenters. The summed E-state index contributed by atoms with van der Waals surface area (Å²) in [5.74, 6) is 0.860. The van der Waals surface area contributed by atoms with E-state index in [1.807, 2.05) is 42.7 Å². The quantitative estimate of drug-likeness (QED) is 0.137. The van der Waals surface area contributed by atoms with E-state index in [0.717, 1.165) is 123 Å². The first-order valence-corrected chi connectivity index (χ1v) is 33.8. The van der Waals surface area contributed by atoms with Gasteiger partial charge in [0.05, 0.1) is 77.9 Å². The van der Waals surface area contributed by atoms with Gasteiger partial charge in [-0.05, 0) is 155 Å². The zero-order chi connectivity index (χ0) is 66.0. The highest BCUT2D eigenvalue weighted by Gasteiger charge is 2.23. The van der Waals surface area contributed by atoms with E-state index in [1.54, 1.807) is 0 Å². The molecule has 0 N–H and O–H groups in total. The molecule has 0 amide bonds. The van der Waals surface area contributed by atoms with E-state index in [4.69, 9.17) is 19.9 Å². The normalized spacial score (nSPS) is 11.6. The van der Waals surface area contributed by atoms with Crippen LogP contribution >= 0.6 is 0 Å². The summed E-state index contributed by atoms with van der Waals surface area (Å²) in [6, 6.07) is 125. The van der Waals surface area contributed by atoms with E-state index in [1.165, 1.54) is 54.7 Å². The van der Waals surface area contributed by atoms with Crippen LogP contribution < -0.4 is 0 Å². The molecular formula is C92H60N8. The van der Waals surface area contributed by atoms with Gasteiger partial charge in [-0.1, -0.05) is 231 Å². The van der Waals surface area contributed by atoms with Crippen LogP contribution in [0.25, 0.3) is 178 Å². The molecule has 0 aliphatic carbocycles. The Morgan fingerprint density at radius 3 is 1.05 bits per heavy atom. The van der Waals surface area contributed by atoms with Gasteiger partial charge in [0.15, 0.2) is 0 Å². The molecule has 20 rings (SSSR count). The van der Waals surface area contributed by atoms with Crippen LogP contribution in [0.4, 0.5) is 0 Å². The SMILES string of the molecule is c1ccc(-c2cc(-c3ccccc3)nc(-n3c4ccc(-c5cccc6c5c5ccccc5n6-c5ccccc5)cc4c4ncccc43)c2)cc1.c1ccc(-c2cc(-n3c4ccc(-c5cccc6c5c5ccccc5n6-c5ccccc5)cc4c4ncccc43)cc(-c3ccccc3)n2)cc1. The third-order valence-electron chi connectivity index (χ3n) is 19.5.